The van der Waals surface area contributed by atoms with Crippen LogP contribution in [-0.4, -0.2) is 0 Å². The Balaban J connectivity index is 0.00000220. The second kappa shape index (κ2) is 11.7. The van der Waals surface area contributed by atoms with E-state index in [1.165, 1.54) is 24.0 Å². The molecule has 22 heavy (non-hydrogen) atoms. The van der Waals surface area contributed by atoms with Crippen molar-refractivity contribution in [2.45, 2.75) is 44.9 Å². The van der Waals surface area contributed by atoms with Crippen molar-refractivity contribution in [2.24, 2.45) is 0 Å². The van der Waals surface area contributed by atoms with Gasteiger partial charge in [-0.25, -0.2) is 0 Å². The molecule has 0 nitrogen and oxygen atoms in total. The second-order valence-electron chi connectivity index (χ2n) is 5.59. The molecule has 0 bridgehead atoms. The van der Waals surface area contributed by atoms with Crippen molar-refractivity contribution in [3.63, 3.8) is 0 Å². The molecule has 0 N–H and O–H groups in total. The summed E-state index contributed by atoms with van der Waals surface area (Å²) in [5, 5.41) is 0. The molecule has 0 aliphatic carbocycles. The van der Waals surface area contributed by atoms with Crippen LogP contribution in [0.5, 0.6) is 0 Å². The third-order valence-corrected chi connectivity index (χ3v) is 4.10. The molecule has 0 aromatic heterocycles. The fourth-order valence-corrected chi connectivity index (χ4v) is 2.73. The molecule has 2 unspecified atom stereocenters. The van der Waals surface area contributed by atoms with Gasteiger partial charge in [-0.1, -0.05) is 80.9 Å². The number of rotatable bonds is 7. The zero-order valence-electron chi connectivity index (χ0n) is 14.0. The van der Waals surface area contributed by atoms with Crippen LogP contribution in [0.3, 0.4) is 0 Å². The van der Waals surface area contributed by atoms with Gasteiger partial charge in [0.1, 0.15) is 0 Å². The summed E-state index contributed by atoms with van der Waals surface area (Å²) in [5.74, 6) is 1.28. The molecular formula is C21H28W. The van der Waals surface area contributed by atoms with Crippen LogP contribution in [0, 0.1) is 13.8 Å². The minimum atomic E-state index is 0. The van der Waals surface area contributed by atoms with E-state index in [2.05, 4.69) is 80.9 Å². The third-order valence-electron chi connectivity index (χ3n) is 4.10. The van der Waals surface area contributed by atoms with Crippen LogP contribution in [0.25, 0.3) is 0 Å². The molecule has 0 amide bonds. The van der Waals surface area contributed by atoms with Gasteiger partial charge in [0, 0.05) is 0 Å². The Morgan fingerprint density at radius 2 is 1.32 bits per heavy atom. The van der Waals surface area contributed by atoms with E-state index in [1.54, 1.807) is 0 Å². The van der Waals surface area contributed by atoms with Gasteiger partial charge >= 0.3 is 21.1 Å². The standard InChI is InChI=1S/C20H25.CH3.W/c1-3-18(20-14-8-5-9-15-20)16-10-11-17(2)19-12-6-4-7-13-19;;/h4-10,12-15,17-18H,3,11,16H2,1-2H3;1H3;/q2*-1;+2. The van der Waals surface area contributed by atoms with Gasteiger partial charge < -0.3 is 13.8 Å². The van der Waals surface area contributed by atoms with Crippen LogP contribution in [0.4, 0.5) is 0 Å². The van der Waals surface area contributed by atoms with E-state index in [9.17, 15) is 0 Å². The summed E-state index contributed by atoms with van der Waals surface area (Å²) in [4.78, 5) is 0. The molecule has 2 aromatic carbocycles. The molecule has 1 heteroatoms. The first-order valence-corrected chi connectivity index (χ1v) is 7.72. The van der Waals surface area contributed by atoms with Crippen LogP contribution in [-0.2, 0) is 21.1 Å². The summed E-state index contributed by atoms with van der Waals surface area (Å²) >= 11 is 0. The summed E-state index contributed by atoms with van der Waals surface area (Å²) in [5.41, 5.74) is 2.91. The second-order valence-corrected chi connectivity index (χ2v) is 5.59. The fourth-order valence-electron chi connectivity index (χ4n) is 2.73. The Hall–Kier alpha value is -0.872. The zero-order valence-corrected chi connectivity index (χ0v) is 17.0. The van der Waals surface area contributed by atoms with E-state index in [4.69, 9.17) is 0 Å². The topological polar surface area (TPSA) is 0 Å². The molecule has 2 rings (SSSR count). The molecule has 0 aliphatic rings. The number of hydrogen-bond donors (Lipinski definition) is 0. The Kier molecular flexibility index (Phi) is 11.2. The van der Waals surface area contributed by atoms with Gasteiger partial charge in [0.2, 0.25) is 0 Å². The molecule has 0 aliphatic heterocycles. The van der Waals surface area contributed by atoms with Crippen LogP contribution in [0.1, 0.15) is 56.1 Å². The summed E-state index contributed by atoms with van der Waals surface area (Å²) in [7, 11) is 0. The summed E-state index contributed by atoms with van der Waals surface area (Å²) < 4.78 is 0. The Morgan fingerprint density at radius 3 is 1.82 bits per heavy atom. The molecule has 118 valence electrons. The van der Waals surface area contributed by atoms with Crippen molar-refractivity contribution >= 4 is 0 Å². The predicted octanol–water partition coefficient (Wildman–Crippen LogP) is 6.42. The van der Waals surface area contributed by atoms with Gasteiger partial charge in [0.05, 0.1) is 0 Å². The molecule has 0 saturated carbocycles. The largest absolute Gasteiger partial charge is 2.00 e. The Bertz CT molecular complexity index is 478. The monoisotopic (exact) mass is 464 g/mol. The van der Waals surface area contributed by atoms with Crippen LogP contribution in [0.15, 0.2) is 60.7 Å². The molecule has 0 saturated heterocycles. The maximum Gasteiger partial charge on any atom is 2.00 e. The fraction of sp³-hybridized carbons (Fsp3) is 0.333. The van der Waals surface area contributed by atoms with Crippen molar-refractivity contribution in [1.82, 2.24) is 0 Å². The molecule has 0 fully saturated rings. The van der Waals surface area contributed by atoms with Crippen LogP contribution in [0.2, 0.25) is 0 Å². The summed E-state index contributed by atoms with van der Waals surface area (Å²) in [6.07, 6.45) is 6.02. The summed E-state index contributed by atoms with van der Waals surface area (Å²) in [6.45, 7) is 4.60. The molecule has 0 heterocycles. The maximum atomic E-state index is 2.47. The third kappa shape index (κ3) is 6.49. The van der Waals surface area contributed by atoms with Gasteiger partial charge in [-0.2, -0.15) is 12.8 Å². The van der Waals surface area contributed by atoms with E-state index in [1.807, 2.05) is 0 Å². The first-order chi connectivity index (χ1) is 9.81. The van der Waals surface area contributed by atoms with E-state index in [0.717, 1.165) is 6.42 Å². The summed E-state index contributed by atoms with van der Waals surface area (Å²) in [6, 6.07) is 21.7. The van der Waals surface area contributed by atoms with Crippen molar-refractivity contribution < 1.29 is 21.1 Å². The van der Waals surface area contributed by atoms with Gasteiger partial charge in [0.25, 0.3) is 0 Å². The molecule has 0 radical (unpaired) electrons. The van der Waals surface area contributed by atoms with Crippen molar-refractivity contribution in [3.8, 4) is 0 Å². The van der Waals surface area contributed by atoms with E-state index in [0.29, 0.717) is 11.8 Å². The van der Waals surface area contributed by atoms with E-state index in [-0.39, 0.29) is 28.5 Å². The van der Waals surface area contributed by atoms with Crippen LogP contribution < -0.4 is 0 Å². The smallest absolute Gasteiger partial charge is 0.358 e. The Labute approximate surface area is 151 Å². The predicted molar refractivity (Wildman–Crippen MR) is 94.3 cm³/mol. The SMILES string of the molecule is CCC(C[CH-]CC(C)c1ccccc1)c1ccccc1.[CH3-].[W+2]. The number of benzene rings is 2. The van der Waals surface area contributed by atoms with Gasteiger partial charge in [0.15, 0.2) is 0 Å². The minimum absolute atomic E-state index is 0. The quantitative estimate of drug-likeness (QED) is 0.415. The first-order valence-electron chi connectivity index (χ1n) is 7.72. The van der Waals surface area contributed by atoms with Gasteiger partial charge in [-0.3, -0.25) is 0 Å². The van der Waals surface area contributed by atoms with Gasteiger partial charge in [-0.05, 0) is 23.0 Å². The average molecular weight is 464 g/mol. The Morgan fingerprint density at radius 1 is 0.818 bits per heavy atom. The van der Waals surface area contributed by atoms with Gasteiger partial charge in [-0.15, -0.1) is 0 Å². The molecule has 2 aromatic rings. The first kappa shape index (κ1) is 21.1. The van der Waals surface area contributed by atoms with Crippen molar-refractivity contribution in [2.75, 3.05) is 0 Å². The maximum absolute atomic E-state index is 2.47. The number of hydrogen-bond acceptors (Lipinski definition) is 0. The normalized spacial score (nSPS) is 12.6. The molecule has 0 spiro atoms. The van der Waals surface area contributed by atoms with Crippen molar-refractivity contribution in [3.05, 3.63) is 85.6 Å². The van der Waals surface area contributed by atoms with E-state index >= 15 is 0 Å². The zero-order chi connectivity index (χ0) is 14.2. The van der Waals surface area contributed by atoms with E-state index < -0.39 is 0 Å². The van der Waals surface area contributed by atoms with Crippen LogP contribution >= 0.6 is 0 Å². The average Bonchev–Trinajstić information content (AvgIpc) is 2.53. The molecular weight excluding hydrogens is 436 g/mol. The minimum Gasteiger partial charge on any atom is -0.358 e. The molecule has 2 atom stereocenters. The van der Waals surface area contributed by atoms with Crippen molar-refractivity contribution in [1.29, 1.82) is 0 Å².